The molecule has 1 saturated heterocycles. The van der Waals surface area contributed by atoms with Crippen LogP contribution in [0.5, 0.6) is 5.75 Å². The predicted octanol–water partition coefficient (Wildman–Crippen LogP) is 12.9. The van der Waals surface area contributed by atoms with Crippen LogP contribution in [0, 0.1) is 21.7 Å². The number of aliphatic imine (C=N–C) groups is 1. The predicted molar refractivity (Wildman–Crippen MR) is 379 cm³/mol. The molecule has 0 saturated carbocycles. The minimum absolute atomic E-state index is 0. The number of benzene rings is 3. The first kappa shape index (κ1) is 81.1. The number of allylic oxidation sites excluding steroid dienone is 1. The molecule has 4 aromatic rings. The Labute approximate surface area is 554 Å². The number of rotatable bonds is 0. The molecular formula is C67H113B6N7O12. The molecule has 1 fully saturated rings. The first-order valence-corrected chi connectivity index (χ1v) is 32.1. The van der Waals surface area contributed by atoms with E-state index in [-0.39, 0.29) is 76.8 Å². The van der Waals surface area contributed by atoms with Gasteiger partial charge in [-0.15, -0.1) is 10.2 Å². The van der Waals surface area contributed by atoms with Gasteiger partial charge in [0.25, 0.3) is 0 Å². The van der Waals surface area contributed by atoms with Crippen LogP contribution in [0.15, 0.2) is 101 Å². The fraction of sp³-hybridized carbons (Fsp3) is 0.657. The van der Waals surface area contributed by atoms with Crippen molar-refractivity contribution in [1.29, 1.82) is 0 Å². The molecule has 1 aromatic heterocycles. The van der Waals surface area contributed by atoms with Gasteiger partial charge in [-0.2, -0.15) is 0 Å². The zero-order valence-electron chi connectivity index (χ0n) is 60.1. The number of hydrogen-bond acceptors (Lipinski definition) is 18. The van der Waals surface area contributed by atoms with Gasteiger partial charge in [0.05, 0.1) is 19.7 Å². The van der Waals surface area contributed by atoms with Crippen molar-refractivity contribution in [2.75, 3.05) is 13.1 Å². The molecule has 506 valence electrons. The molecule has 0 spiro atoms. The molecule has 1 unspecified atom stereocenters. The summed E-state index contributed by atoms with van der Waals surface area (Å²) in [7, 11) is -2.54. The number of nitrogens with zero attached hydrogens (tertiary/aromatic N) is 6. The Morgan fingerprint density at radius 1 is 0.543 bits per heavy atom. The van der Waals surface area contributed by atoms with Crippen molar-refractivity contribution in [2.45, 2.75) is 253 Å². The monoisotopic (exact) mass is 1270 g/mol. The normalized spacial score (nSPS) is 17.5. The molecule has 11 rings (SSSR count). The average Bonchev–Trinajstić information content (AvgIpc) is 1.67. The van der Waals surface area contributed by atoms with E-state index in [1.54, 1.807) is 0 Å². The molecule has 1 atom stereocenters. The number of H-pyrrole nitrogens is 1. The summed E-state index contributed by atoms with van der Waals surface area (Å²) in [4.78, 5) is 17.0. The third-order valence-electron chi connectivity index (χ3n) is 15.7. The highest BCUT2D eigenvalue weighted by atomic mass is 16.5. The zero-order chi connectivity index (χ0) is 69.0. The Bertz CT molecular complexity index is 3140. The van der Waals surface area contributed by atoms with Crippen molar-refractivity contribution < 1.29 is 52.5 Å². The van der Waals surface area contributed by atoms with Gasteiger partial charge in [0.2, 0.25) is 0 Å². The Morgan fingerprint density at radius 3 is 1.45 bits per heavy atom. The van der Waals surface area contributed by atoms with Crippen molar-refractivity contribution >= 4 is 59.1 Å². The molecule has 92 heavy (non-hydrogen) atoms. The van der Waals surface area contributed by atoms with E-state index >= 15 is 0 Å². The van der Waals surface area contributed by atoms with Crippen LogP contribution >= 0.6 is 0 Å². The topological polar surface area (TPSA) is 257 Å². The number of nitrogens with one attached hydrogen (secondary N) is 1. The summed E-state index contributed by atoms with van der Waals surface area (Å²) >= 11 is 0. The molecule has 0 radical (unpaired) electrons. The summed E-state index contributed by atoms with van der Waals surface area (Å²) in [5, 5.41) is 54.5. The summed E-state index contributed by atoms with van der Waals surface area (Å²) in [5.41, 5.74) is 12.2. The van der Waals surface area contributed by atoms with E-state index in [0.717, 1.165) is 42.7 Å². The first-order valence-electron chi connectivity index (χ1n) is 32.1. The van der Waals surface area contributed by atoms with E-state index in [1.165, 1.54) is 38.7 Å². The largest absolute Gasteiger partial charge is 0.546 e. The molecule has 3 aromatic carbocycles. The Kier molecular flexibility index (Phi) is 29.1. The highest BCUT2D eigenvalue weighted by molar-refractivity contribution is 6.68. The highest BCUT2D eigenvalue weighted by Gasteiger charge is 2.37. The van der Waals surface area contributed by atoms with Crippen LogP contribution in [-0.4, -0.2) is 104 Å². The van der Waals surface area contributed by atoms with Gasteiger partial charge < -0.3 is 48.0 Å². The van der Waals surface area contributed by atoms with Gasteiger partial charge in [-0.1, -0.05) is 247 Å². The first-order chi connectivity index (χ1) is 41.5. The van der Waals surface area contributed by atoms with E-state index in [1.807, 2.05) is 59.8 Å². The average molecular weight is 1270 g/mol. The van der Waals surface area contributed by atoms with E-state index in [4.69, 9.17) is 38.0 Å². The minimum atomic E-state index is -0.714. The van der Waals surface area contributed by atoms with Crippen molar-refractivity contribution in [2.24, 2.45) is 47.3 Å². The zero-order valence-corrected chi connectivity index (χ0v) is 60.1. The maximum atomic E-state index is 10.5. The maximum Gasteiger partial charge on any atom is 0.546 e. The Hall–Kier alpha value is -5.12. The molecule has 7 aliphatic heterocycles. The fourth-order valence-electron chi connectivity index (χ4n) is 9.65. The van der Waals surface area contributed by atoms with Gasteiger partial charge in [-0.05, 0) is 106 Å². The van der Waals surface area contributed by atoms with Crippen molar-refractivity contribution in [3.05, 3.63) is 116 Å². The Morgan fingerprint density at radius 2 is 1.07 bits per heavy atom. The molecule has 0 bridgehead atoms. The fourth-order valence-corrected chi connectivity index (χ4v) is 9.65. The second-order valence-corrected chi connectivity index (χ2v) is 32.5. The second-order valence-electron chi connectivity index (χ2n) is 32.5. The lowest BCUT2D eigenvalue weighted by Crippen LogP contribution is -2.27. The number of aromatic nitrogens is 2. The lowest BCUT2D eigenvalue weighted by Gasteiger charge is -2.26. The summed E-state index contributed by atoms with van der Waals surface area (Å²) in [5.74, 6) is 1.58. The molecule has 7 aliphatic rings. The number of hydrogen-bond donors (Lipinski definition) is 5. The summed E-state index contributed by atoms with van der Waals surface area (Å²) in [6.07, 6.45) is 4.89. The molecule has 8 heterocycles. The molecule has 19 nitrogen and oxygen atoms in total. The van der Waals surface area contributed by atoms with E-state index < -0.39 is 34.2 Å². The molecule has 25 heteroatoms. The SMILES string of the molecule is C.CB1OCc2cc(C(C)(C)C)ccc21.CB1OCc2ccc(C(C)(C)C)cc21.CC(C)(C)C1=CCOB1O.CC(C)(C)C1=NCB(O)O1.CC(C)(C)C1CCB(O)O1.CC(C)(C)C1N=NN=N1.CC(C)(C)c1ccc2c(c1)OB(O)C2.CC(C)(C)c1noc(=O)[nH]1. The number of fused-ring (bicyclic) bond motifs is 3. The molecular weight excluding hydrogens is 1160 g/mol. The lowest BCUT2D eigenvalue weighted by atomic mass is 9.63. The van der Waals surface area contributed by atoms with Crippen molar-refractivity contribution in [3.63, 3.8) is 0 Å². The van der Waals surface area contributed by atoms with Crippen LogP contribution in [0.1, 0.15) is 219 Å². The van der Waals surface area contributed by atoms with E-state index in [0.29, 0.717) is 31.1 Å². The van der Waals surface area contributed by atoms with E-state index in [9.17, 15) is 14.8 Å². The van der Waals surface area contributed by atoms with Crippen LogP contribution in [-0.2, 0) is 64.5 Å². The molecule has 5 N–H and O–H groups in total. The third kappa shape index (κ3) is 25.9. The van der Waals surface area contributed by atoms with Gasteiger partial charge in [-0.3, -0.25) is 14.5 Å². The number of aromatic amines is 1. The van der Waals surface area contributed by atoms with Crippen LogP contribution in [0.2, 0.25) is 20.0 Å². The minimum Gasteiger partial charge on any atom is -0.536 e. The van der Waals surface area contributed by atoms with E-state index in [2.05, 4.69) is 221 Å². The van der Waals surface area contributed by atoms with Gasteiger partial charge in [0, 0.05) is 35.3 Å². The van der Waals surface area contributed by atoms with Crippen LogP contribution < -0.4 is 21.3 Å². The second kappa shape index (κ2) is 33.0. The standard InChI is InChI=1S/2C12H17BO.C11H15BO2.C7H13BO2.C7H15BO2.C6H12BNO2.C6H10N2O2.C5H10N4.CH4/c1-12(2,3)10-5-6-11-9(7-10)8-14-13(11)4;1-12(2,3)10-6-5-9-8-14-13(4)11(9)7-10;1-11(2,3)9-5-4-8-7-12(13)14-10(8)6-9;1-7(2,3)6-4-5-10-8(6)9;1-7(2,3)6-4-5-8(9)10-6;1-6(2,3)5-8-4-7(9)10-5;1-6(2,3)4-7-5(9)10-8-4;1-5(2,3)4-6-8-9-7-4;/h2*5-7H,8H2,1-4H3;4-6,13H,7H2,1-3H3;4,9H,5H2,1-3H3;6,9H,4-5H2,1-3H3;9H,4H2,1-3H3;1-3H3,(H,7,8,9);4H,1-3H3;1H4. The molecule has 0 aliphatic carbocycles. The highest BCUT2D eigenvalue weighted by Crippen LogP contribution is 2.34. The summed E-state index contributed by atoms with van der Waals surface area (Å²) in [6.45, 7) is 57.5. The lowest BCUT2D eigenvalue weighted by molar-refractivity contribution is 0.0909. The smallest absolute Gasteiger partial charge is 0.536 e. The van der Waals surface area contributed by atoms with Crippen LogP contribution in [0.25, 0.3) is 0 Å². The van der Waals surface area contributed by atoms with Gasteiger partial charge in [0.15, 0.2) is 17.9 Å². The third-order valence-corrected chi connectivity index (χ3v) is 15.7. The summed E-state index contributed by atoms with van der Waals surface area (Å²) < 4.78 is 36.1. The van der Waals surface area contributed by atoms with Crippen LogP contribution in [0.3, 0.4) is 0 Å². The van der Waals surface area contributed by atoms with Gasteiger partial charge in [0.1, 0.15) is 5.75 Å². The Balaban J connectivity index is 0.000000276. The van der Waals surface area contributed by atoms with Gasteiger partial charge >= 0.3 is 48.1 Å². The van der Waals surface area contributed by atoms with Gasteiger partial charge in [-0.25, -0.2) is 4.79 Å². The van der Waals surface area contributed by atoms with Crippen LogP contribution in [0.4, 0.5) is 0 Å². The maximum absolute atomic E-state index is 10.5. The summed E-state index contributed by atoms with van der Waals surface area (Å²) in [6, 6.07) is 19.7. The van der Waals surface area contributed by atoms with Crippen molar-refractivity contribution in [1.82, 2.24) is 10.1 Å². The quantitative estimate of drug-likeness (QED) is 0.103. The van der Waals surface area contributed by atoms with Crippen molar-refractivity contribution in [3.8, 4) is 5.75 Å². The molecule has 0 amide bonds.